The highest BCUT2D eigenvalue weighted by Gasteiger charge is 2.59. The minimum atomic E-state index is -5.00. The monoisotopic (exact) mass is 538 g/mol. The molecule has 1 aliphatic heterocycles. The fraction of sp³-hybridized carbons (Fsp3) is 0.364. The van der Waals surface area contributed by atoms with E-state index >= 15 is 0 Å². The Morgan fingerprint density at radius 3 is 2.39 bits per heavy atom. The number of carbonyl (C=O) groups excluding carboxylic acids is 1. The van der Waals surface area contributed by atoms with E-state index in [-0.39, 0.29) is 24.2 Å². The molecule has 1 unspecified atom stereocenters. The minimum Gasteiger partial charge on any atom is -0.352 e. The summed E-state index contributed by atoms with van der Waals surface area (Å²) in [6.45, 7) is 1.03. The Hall–Kier alpha value is -2.43. The maximum atomic E-state index is 14.2. The topological polar surface area (TPSA) is 41.5 Å². The summed E-state index contributed by atoms with van der Waals surface area (Å²) in [6.07, 6.45) is -10.4. The Morgan fingerprint density at radius 2 is 1.82 bits per heavy atom. The van der Waals surface area contributed by atoms with Gasteiger partial charge in [0.25, 0.3) is 0 Å². The molecule has 0 radical (unpaired) electrons. The third-order valence-corrected chi connectivity index (χ3v) is 6.25. The molecule has 11 heteroatoms. The van der Waals surface area contributed by atoms with E-state index in [1.165, 1.54) is 12.1 Å². The highest BCUT2D eigenvalue weighted by Crippen LogP contribution is 2.49. The van der Waals surface area contributed by atoms with Crippen LogP contribution in [-0.2, 0) is 22.9 Å². The number of nitrogens with zero attached hydrogens (tertiary/aromatic N) is 1. The first-order valence-corrected chi connectivity index (χ1v) is 10.6. The molecule has 1 N–H and O–H groups in total. The van der Waals surface area contributed by atoms with Gasteiger partial charge in [0.05, 0.1) is 12.1 Å². The van der Waals surface area contributed by atoms with Crippen LogP contribution in [0.3, 0.4) is 0 Å². The van der Waals surface area contributed by atoms with Crippen molar-refractivity contribution in [3.05, 3.63) is 68.9 Å². The molecule has 2 aromatic carbocycles. The predicted molar refractivity (Wildman–Crippen MR) is 111 cm³/mol. The van der Waals surface area contributed by atoms with Crippen molar-refractivity contribution in [2.45, 2.75) is 44.1 Å². The molecule has 1 atom stereocenters. The van der Waals surface area contributed by atoms with E-state index < -0.39 is 47.7 Å². The quantitative estimate of drug-likeness (QED) is 0.444. The van der Waals surface area contributed by atoms with Crippen molar-refractivity contribution in [3.63, 3.8) is 0 Å². The predicted octanol–water partition coefficient (Wildman–Crippen LogP) is 6.33. The second kappa shape index (κ2) is 9.08. The van der Waals surface area contributed by atoms with Gasteiger partial charge in [-0.2, -0.15) is 26.3 Å². The second-order valence-electron chi connectivity index (χ2n) is 7.68. The summed E-state index contributed by atoms with van der Waals surface area (Å²) in [7, 11) is 0. The van der Waals surface area contributed by atoms with Gasteiger partial charge >= 0.3 is 12.4 Å². The number of rotatable bonds is 5. The van der Waals surface area contributed by atoms with Crippen molar-refractivity contribution in [1.82, 2.24) is 5.32 Å². The maximum absolute atomic E-state index is 14.2. The lowest BCUT2D eigenvalue weighted by Crippen LogP contribution is -2.44. The molecule has 1 aliphatic rings. The lowest BCUT2D eigenvalue weighted by molar-refractivity contribution is -0.184. The van der Waals surface area contributed by atoms with Gasteiger partial charge in [0, 0.05) is 29.6 Å². The average molecular weight is 539 g/mol. The second-order valence-corrected chi connectivity index (χ2v) is 8.54. The van der Waals surface area contributed by atoms with Crippen LogP contribution in [0, 0.1) is 5.82 Å². The van der Waals surface area contributed by atoms with Crippen LogP contribution in [0.4, 0.5) is 30.7 Å². The molecule has 1 heterocycles. The lowest BCUT2D eigenvalue weighted by atomic mass is 9.76. The Bertz CT molecular complexity index is 1100. The van der Waals surface area contributed by atoms with Gasteiger partial charge in [-0.15, -0.1) is 0 Å². The van der Waals surface area contributed by atoms with Crippen LogP contribution in [0.25, 0.3) is 0 Å². The zero-order valence-corrected chi connectivity index (χ0v) is 18.8. The largest absolute Gasteiger partial charge is 0.416 e. The summed E-state index contributed by atoms with van der Waals surface area (Å²) < 4.78 is 96.3. The highest BCUT2D eigenvalue weighted by atomic mass is 79.9. The molecule has 0 saturated carbocycles. The third kappa shape index (κ3) is 5.23. The van der Waals surface area contributed by atoms with E-state index in [0.29, 0.717) is 34.2 Å². The van der Waals surface area contributed by atoms with E-state index in [2.05, 4.69) is 26.2 Å². The smallest absolute Gasteiger partial charge is 0.352 e. The Balaban J connectivity index is 1.94. The Morgan fingerprint density at radius 1 is 1.12 bits per heavy atom. The van der Waals surface area contributed by atoms with Crippen molar-refractivity contribution < 1.29 is 35.5 Å². The van der Waals surface area contributed by atoms with E-state index in [9.17, 15) is 35.5 Å². The summed E-state index contributed by atoms with van der Waals surface area (Å²) in [4.78, 5) is 15.4. The van der Waals surface area contributed by atoms with E-state index in [0.717, 1.165) is 0 Å². The standard InChI is InChI=1S/C22H18BrF7N2O/c1-2-19(33)31-10-13-4-3-12(5-17(13)23)18-9-20(11-32-18,22(28,29)30)14-6-15(21(25,26)27)8-16(24)7-14/h3-8H,2,9-11H2,1H3,(H,31,33). The number of nitrogens with one attached hydrogen (secondary N) is 1. The van der Waals surface area contributed by atoms with Crippen molar-refractivity contribution in [2.75, 3.05) is 6.54 Å². The number of amides is 1. The van der Waals surface area contributed by atoms with E-state index in [1.807, 2.05) is 0 Å². The van der Waals surface area contributed by atoms with Gasteiger partial charge in [0.2, 0.25) is 5.91 Å². The van der Waals surface area contributed by atoms with Crippen molar-refractivity contribution in [3.8, 4) is 0 Å². The molecule has 0 spiro atoms. The minimum absolute atomic E-state index is 0.0370. The highest BCUT2D eigenvalue weighted by molar-refractivity contribution is 9.10. The van der Waals surface area contributed by atoms with Crippen molar-refractivity contribution >= 4 is 27.5 Å². The molecule has 3 nitrogen and oxygen atoms in total. The first-order valence-electron chi connectivity index (χ1n) is 9.80. The van der Waals surface area contributed by atoms with E-state index in [1.54, 1.807) is 13.0 Å². The van der Waals surface area contributed by atoms with Crippen LogP contribution < -0.4 is 5.32 Å². The number of hydrogen-bond acceptors (Lipinski definition) is 2. The molecule has 0 aliphatic carbocycles. The molecule has 33 heavy (non-hydrogen) atoms. The fourth-order valence-corrected chi connectivity index (χ4v) is 4.11. The van der Waals surface area contributed by atoms with Crippen LogP contribution in [0.2, 0.25) is 0 Å². The van der Waals surface area contributed by atoms with Gasteiger partial charge in [0.1, 0.15) is 11.2 Å². The van der Waals surface area contributed by atoms with E-state index in [4.69, 9.17) is 0 Å². The number of alkyl halides is 6. The third-order valence-electron chi connectivity index (χ3n) is 5.51. The van der Waals surface area contributed by atoms with Crippen LogP contribution >= 0.6 is 15.9 Å². The molecule has 0 saturated heterocycles. The van der Waals surface area contributed by atoms with Crippen LogP contribution in [-0.4, -0.2) is 24.3 Å². The van der Waals surface area contributed by atoms with Gasteiger partial charge in [-0.05, 0) is 41.0 Å². The number of benzene rings is 2. The number of aliphatic imine (C=N–C) groups is 1. The number of carbonyl (C=O) groups is 1. The number of halogens is 8. The SMILES string of the molecule is CCC(=O)NCc1ccc(C2=NCC(c3cc(F)cc(C(F)(F)F)c3)(C(F)(F)F)C2)cc1Br. The first-order chi connectivity index (χ1) is 15.3. The molecular weight excluding hydrogens is 521 g/mol. The van der Waals surface area contributed by atoms with Crippen LogP contribution in [0.15, 0.2) is 45.9 Å². The lowest BCUT2D eigenvalue weighted by Gasteiger charge is -2.32. The van der Waals surface area contributed by atoms with Gasteiger partial charge in [-0.3, -0.25) is 9.79 Å². The van der Waals surface area contributed by atoms with Gasteiger partial charge < -0.3 is 5.32 Å². The zero-order chi connectivity index (χ0) is 24.6. The molecule has 1 amide bonds. The average Bonchev–Trinajstić information content (AvgIpc) is 3.18. The summed E-state index contributed by atoms with van der Waals surface area (Å²) in [6, 6.07) is 5.65. The molecule has 0 fully saturated rings. The summed E-state index contributed by atoms with van der Waals surface area (Å²) >= 11 is 3.32. The van der Waals surface area contributed by atoms with Crippen molar-refractivity contribution in [2.24, 2.45) is 4.99 Å². The Labute approximate surface area is 193 Å². The normalized spacial score (nSPS) is 18.9. The first kappa shape index (κ1) is 25.2. The van der Waals surface area contributed by atoms with Crippen molar-refractivity contribution in [1.29, 1.82) is 0 Å². The van der Waals surface area contributed by atoms with Crippen LogP contribution in [0.5, 0.6) is 0 Å². The molecule has 2 aromatic rings. The molecule has 3 rings (SSSR count). The van der Waals surface area contributed by atoms with Gasteiger partial charge in [-0.25, -0.2) is 4.39 Å². The summed E-state index contributed by atoms with van der Waals surface area (Å²) in [5.74, 6) is -1.58. The van der Waals surface area contributed by atoms with Gasteiger partial charge in [0.15, 0.2) is 0 Å². The fourth-order valence-electron chi connectivity index (χ4n) is 3.59. The van der Waals surface area contributed by atoms with Crippen LogP contribution in [0.1, 0.15) is 42.0 Å². The van der Waals surface area contributed by atoms with Gasteiger partial charge in [-0.1, -0.05) is 35.0 Å². The molecule has 0 aromatic heterocycles. The number of hydrogen-bond donors (Lipinski definition) is 1. The summed E-state index contributed by atoms with van der Waals surface area (Å²) in [5.41, 5.74) is -4.04. The molecule has 178 valence electrons. The maximum Gasteiger partial charge on any atom is 0.416 e. The summed E-state index contributed by atoms with van der Waals surface area (Å²) in [5, 5.41) is 2.68. The zero-order valence-electron chi connectivity index (χ0n) is 17.2. The molecular formula is C22H18BrF7N2O. The Kier molecular flexibility index (Phi) is 6.93. The molecule has 0 bridgehead atoms.